The molecule has 102 valence electrons. The van der Waals surface area contributed by atoms with Gasteiger partial charge in [0, 0.05) is 6.42 Å². The molecule has 19 heavy (non-hydrogen) atoms. The molecule has 6 heteroatoms. The number of rotatable bonds is 4. The van der Waals surface area contributed by atoms with E-state index in [1.807, 2.05) is 6.92 Å². The lowest BCUT2D eigenvalue weighted by Gasteiger charge is -2.33. The summed E-state index contributed by atoms with van der Waals surface area (Å²) in [6, 6.07) is 5.90. The van der Waals surface area contributed by atoms with E-state index in [1.165, 1.54) is 0 Å². The zero-order valence-electron chi connectivity index (χ0n) is 10.5. The van der Waals surface area contributed by atoms with Crippen LogP contribution in [0.4, 0.5) is 10.5 Å². The summed E-state index contributed by atoms with van der Waals surface area (Å²) in [4.78, 5) is 24.2. The van der Waals surface area contributed by atoms with E-state index in [4.69, 9.17) is 9.47 Å². The highest BCUT2D eigenvalue weighted by Crippen LogP contribution is 2.32. The molecule has 1 N–H and O–H groups in total. The van der Waals surface area contributed by atoms with Gasteiger partial charge in [0.05, 0.1) is 18.9 Å². The number of aliphatic carboxylic acids is 1. The van der Waals surface area contributed by atoms with E-state index in [9.17, 15) is 14.7 Å². The molecule has 1 atom stereocenters. The Morgan fingerprint density at radius 2 is 2.26 bits per heavy atom. The lowest BCUT2D eigenvalue weighted by Crippen LogP contribution is -2.50. The van der Waals surface area contributed by atoms with Crippen LogP contribution in [0.5, 0.6) is 5.75 Å². The van der Waals surface area contributed by atoms with Gasteiger partial charge in [-0.05, 0) is 19.1 Å². The largest absolute Gasteiger partial charge is 0.492 e. The third-order valence-electron chi connectivity index (χ3n) is 2.83. The van der Waals surface area contributed by atoms with Gasteiger partial charge < -0.3 is 14.6 Å². The van der Waals surface area contributed by atoms with Gasteiger partial charge in [-0.3, -0.25) is 4.90 Å². The molecule has 1 unspecified atom stereocenters. The summed E-state index contributed by atoms with van der Waals surface area (Å²) in [6.07, 6.45) is -0.410. The first-order valence-electron chi connectivity index (χ1n) is 6.05. The highest BCUT2D eigenvalue weighted by atomic mass is 16.6. The van der Waals surface area contributed by atoms with Crippen LogP contribution in [0.3, 0.4) is 0 Å². The molecule has 1 amide bonds. The van der Waals surface area contributed by atoms with E-state index < -0.39 is 18.1 Å². The second kappa shape index (κ2) is 5.60. The summed E-state index contributed by atoms with van der Waals surface area (Å²) < 4.78 is 10.4. The number of anilines is 1. The Morgan fingerprint density at radius 1 is 1.53 bits per heavy atom. The standard InChI is InChI=1S/C13H15NO5/c1-2-18-11-6-4-3-5-9(11)14-10(12(15)16)7-8-19-13(14)17/h3-6,10H,2,7-8H2,1H3,(H,15,16). The second-order valence-corrected chi connectivity index (χ2v) is 4.03. The molecule has 1 fully saturated rings. The predicted octanol–water partition coefficient (Wildman–Crippen LogP) is 1.89. The molecule has 1 aromatic rings. The highest BCUT2D eigenvalue weighted by molar-refractivity contribution is 5.97. The van der Waals surface area contributed by atoms with Crippen molar-refractivity contribution in [2.24, 2.45) is 0 Å². The zero-order chi connectivity index (χ0) is 13.8. The van der Waals surface area contributed by atoms with Gasteiger partial charge in [-0.25, -0.2) is 9.59 Å². The predicted molar refractivity (Wildman–Crippen MR) is 67.5 cm³/mol. The Labute approximate surface area is 110 Å². The van der Waals surface area contributed by atoms with Crippen LogP contribution in [0.25, 0.3) is 0 Å². The van der Waals surface area contributed by atoms with E-state index in [-0.39, 0.29) is 13.0 Å². The first-order valence-corrected chi connectivity index (χ1v) is 6.05. The van der Waals surface area contributed by atoms with Crippen LogP contribution in [-0.2, 0) is 9.53 Å². The number of carbonyl (C=O) groups excluding carboxylic acids is 1. The fraction of sp³-hybridized carbons (Fsp3) is 0.385. The summed E-state index contributed by atoms with van der Waals surface area (Å²) in [5.74, 6) is -0.585. The molecule has 1 aliphatic heterocycles. The Balaban J connectivity index is 2.41. The molecule has 1 aromatic carbocycles. The smallest absolute Gasteiger partial charge is 0.415 e. The van der Waals surface area contributed by atoms with Crippen molar-refractivity contribution in [1.82, 2.24) is 0 Å². The van der Waals surface area contributed by atoms with Crippen molar-refractivity contribution in [3.05, 3.63) is 24.3 Å². The van der Waals surface area contributed by atoms with E-state index in [0.717, 1.165) is 4.90 Å². The fourth-order valence-electron chi connectivity index (χ4n) is 2.02. The number of cyclic esters (lactones) is 1. The lowest BCUT2D eigenvalue weighted by molar-refractivity contribution is -0.139. The van der Waals surface area contributed by atoms with Crippen LogP contribution in [0.2, 0.25) is 0 Å². The van der Waals surface area contributed by atoms with Crippen LogP contribution in [-0.4, -0.2) is 36.4 Å². The zero-order valence-corrected chi connectivity index (χ0v) is 10.5. The molecule has 2 rings (SSSR count). The minimum absolute atomic E-state index is 0.114. The fourth-order valence-corrected chi connectivity index (χ4v) is 2.02. The molecular formula is C13H15NO5. The summed E-state index contributed by atoms with van der Waals surface area (Å²) in [7, 11) is 0. The van der Waals surface area contributed by atoms with Gasteiger partial charge in [-0.2, -0.15) is 0 Å². The average molecular weight is 265 g/mol. The molecule has 1 aliphatic rings. The molecule has 6 nitrogen and oxygen atoms in total. The van der Waals surface area contributed by atoms with Crippen LogP contribution >= 0.6 is 0 Å². The Bertz CT molecular complexity index is 488. The lowest BCUT2D eigenvalue weighted by atomic mass is 10.1. The molecule has 1 saturated heterocycles. The Kier molecular flexibility index (Phi) is 3.89. The number of carboxylic acids is 1. The maximum Gasteiger partial charge on any atom is 0.415 e. The van der Waals surface area contributed by atoms with Crippen molar-refractivity contribution in [3.63, 3.8) is 0 Å². The van der Waals surface area contributed by atoms with E-state index in [1.54, 1.807) is 24.3 Å². The number of ether oxygens (including phenoxy) is 2. The minimum Gasteiger partial charge on any atom is -0.492 e. The number of carboxylic acid groups (broad SMARTS) is 1. The quantitative estimate of drug-likeness (QED) is 0.899. The Hall–Kier alpha value is -2.24. The summed E-state index contributed by atoms with van der Waals surface area (Å²) >= 11 is 0. The Morgan fingerprint density at radius 3 is 2.95 bits per heavy atom. The average Bonchev–Trinajstić information content (AvgIpc) is 2.40. The SMILES string of the molecule is CCOc1ccccc1N1C(=O)OCCC1C(=O)O. The van der Waals surface area contributed by atoms with Crippen molar-refractivity contribution < 1.29 is 24.2 Å². The maximum absolute atomic E-state index is 11.9. The molecule has 1 heterocycles. The van der Waals surface area contributed by atoms with Crippen molar-refractivity contribution in [3.8, 4) is 5.75 Å². The van der Waals surface area contributed by atoms with Crippen molar-refractivity contribution >= 4 is 17.7 Å². The number of carbonyl (C=O) groups is 2. The number of para-hydroxylation sites is 2. The number of hydrogen-bond donors (Lipinski definition) is 1. The van der Waals surface area contributed by atoms with Gasteiger partial charge in [0.25, 0.3) is 0 Å². The molecule has 0 aliphatic carbocycles. The van der Waals surface area contributed by atoms with Crippen LogP contribution in [0, 0.1) is 0 Å². The third-order valence-corrected chi connectivity index (χ3v) is 2.83. The molecule has 0 spiro atoms. The molecule has 0 aromatic heterocycles. The number of amides is 1. The second-order valence-electron chi connectivity index (χ2n) is 4.03. The summed E-state index contributed by atoms with van der Waals surface area (Å²) in [5.41, 5.74) is 0.418. The van der Waals surface area contributed by atoms with Gasteiger partial charge >= 0.3 is 12.1 Å². The molecule has 0 saturated carbocycles. The van der Waals surface area contributed by atoms with Crippen LogP contribution < -0.4 is 9.64 Å². The summed E-state index contributed by atoms with van der Waals surface area (Å²) in [6.45, 7) is 2.36. The third kappa shape index (κ3) is 2.62. The maximum atomic E-state index is 11.9. The molecule has 0 radical (unpaired) electrons. The van der Waals surface area contributed by atoms with E-state index in [2.05, 4.69) is 0 Å². The summed E-state index contributed by atoms with van der Waals surface area (Å²) in [5, 5.41) is 9.22. The highest BCUT2D eigenvalue weighted by Gasteiger charge is 2.37. The van der Waals surface area contributed by atoms with Crippen LogP contribution in [0.15, 0.2) is 24.3 Å². The molecule has 0 bridgehead atoms. The van der Waals surface area contributed by atoms with Gasteiger partial charge in [0.2, 0.25) is 0 Å². The minimum atomic E-state index is -1.05. The van der Waals surface area contributed by atoms with E-state index in [0.29, 0.717) is 18.0 Å². The van der Waals surface area contributed by atoms with Gasteiger partial charge in [-0.15, -0.1) is 0 Å². The van der Waals surface area contributed by atoms with Crippen molar-refractivity contribution in [1.29, 1.82) is 0 Å². The number of benzene rings is 1. The monoisotopic (exact) mass is 265 g/mol. The van der Waals surface area contributed by atoms with Gasteiger partial charge in [0.15, 0.2) is 0 Å². The molecular weight excluding hydrogens is 250 g/mol. The van der Waals surface area contributed by atoms with Gasteiger partial charge in [0.1, 0.15) is 11.8 Å². The topological polar surface area (TPSA) is 76.1 Å². The van der Waals surface area contributed by atoms with Crippen molar-refractivity contribution in [2.45, 2.75) is 19.4 Å². The number of nitrogens with zero attached hydrogens (tertiary/aromatic N) is 1. The first-order chi connectivity index (χ1) is 9.15. The number of hydrogen-bond acceptors (Lipinski definition) is 4. The van der Waals surface area contributed by atoms with E-state index >= 15 is 0 Å². The van der Waals surface area contributed by atoms with Crippen LogP contribution in [0.1, 0.15) is 13.3 Å². The van der Waals surface area contributed by atoms with Gasteiger partial charge in [-0.1, -0.05) is 12.1 Å². The normalized spacial score (nSPS) is 18.9. The van der Waals surface area contributed by atoms with Crippen molar-refractivity contribution in [2.75, 3.05) is 18.1 Å². The first kappa shape index (κ1) is 13.2.